The molecule has 2 N–H and O–H groups in total. The van der Waals surface area contributed by atoms with Crippen LogP contribution in [-0.2, 0) is 6.54 Å². The maximum atomic E-state index is 9.88. The number of hydrogen-bond donors (Lipinski definition) is 2. The van der Waals surface area contributed by atoms with Crippen LogP contribution in [0.2, 0.25) is 0 Å². The van der Waals surface area contributed by atoms with Gasteiger partial charge in [-0.15, -0.1) is 0 Å². The van der Waals surface area contributed by atoms with Crippen molar-refractivity contribution in [1.29, 1.82) is 0 Å². The maximum absolute atomic E-state index is 9.88. The Morgan fingerprint density at radius 1 is 1.05 bits per heavy atom. The van der Waals surface area contributed by atoms with Crippen molar-refractivity contribution >= 4 is 10.9 Å². The van der Waals surface area contributed by atoms with E-state index in [-0.39, 0.29) is 5.75 Å². The van der Waals surface area contributed by atoms with Gasteiger partial charge in [-0.05, 0) is 43.9 Å². The van der Waals surface area contributed by atoms with E-state index in [1.54, 1.807) is 17.2 Å². The van der Waals surface area contributed by atoms with Gasteiger partial charge in [0, 0.05) is 17.1 Å². The monoisotopic (exact) mass is 257 g/mol. The molecule has 1 aromatic carbocycles. The molecule has 2 aromatic rings. The Labute approximate surface area is 113 Å². The van der Waals surface area contributed by atoms with Gasteiger partial charge in [-0.3, -0.25) is 4.98 Å². The summed E-state index contributed by atoms with van der Waals surface area (Å²) in [4.78, 5) is 5.95. The lowest BCUT2D eigenvalue weighted by molar-refractivity contribution is -0.913. The van der Waals surface area contributed by atoms with Gasteiger partial charge < -0.3 is 10.0 Å². The second-order valence-electron chi connectivity index (χ2n) is 5.48. The van der Waals surface area contributed by atoms with Crippen molar-refractivity contribution in [1.82, 2.24) is 4.98 Å². The van der Waals surface area contributed by atoms with E-state index >= 15 is 0 Å². The Morgan fingerprint density at radius 3 is 2.63 bits per heavy atom. The maximum Gasteiger partial charge on any atom is 0.141 e. The number of phenols is 1. The predicted molar refractivity (Wildman–Crippen MR) is 76.3 cm³/mol. The number of hydrogen-bond acceptors (Lipinski definition) is 2. The van der Waals surface area contributed by atoms with E-state index in [0.717, 1.165) is 17.4 Å². The highest BCUT2D eigenvalue weighted by Gasteiger charge is 2.15. The molecule has 0 radical (unpaired) electrons. The van der Waals surface area contributed by atoms with Crippen LogP contribution >= 0.6 is 0 Å². The zero-order valence-corrected chi connectivity index (χ0v) is 11.2. The molecular weight excluding hydrogens is 236 g/mol. The van der Waals surface area contributed by atoms with Crippen molar-refractivity contribution in [3.8, 4) is 5.75 Å². The normalized spacial score (nSPS) is 17.5. The molecule has 3 heteroatoms. The average Bonchev–Trinajstić information content (AvgIpc) is 2.71. The number of aromatic hydroxyl groups is 1. The van der Waals surface area contributed by atoms with Crippen LogP contribution in [0, 0.1) is 0 Å². The first-order chi connectivity index (χ1) is 9.34. The zero-order valence-electron chi connectivity index (χ0n) is 11.2. The number of aromatic nitrogens is 1. The Kier molecular flexibility index (Phi) is 3.65. The van der Waals surface area contributed by atoms with Crippen molar-refractivity contribution < 1.29 is 10.0 Å². The highest BCUT2D eigenvalue weighted by atomic mass is 16.3. The lowest BCUT2D eigenvalue weighted by Crippen LogP contribution is -3.10. The molecule has 0 atom stereocenters. The van der Waals surface area contributed by atoms with Crippen LogP contribution in [0.5, 0.6) is 5.75 Å². The summed E-state index contributed by atoms with van der Waals surface area (Å²) in [5.41, 5.74) is 2.03. The third-order valence-electron chi connectivity index (χ3n) is 4.09. The summed E-state index contributed by atoms with van der Waals surface area (Å²) in [5.74, 6) is 0.283. The molecular formula is C16H21N2O+. The summed E-state index contributed by atoms with van der Waals surface area (Å²) in [6.45, 7) is 3.58. The number of pyridine rings is 1. The van der Waals surface area contributed by atoms with Crippen LogP contribution in [0.1, 0.15) is 31.2 Å². The van der Waals surface area contributed by atoms with Gasteiger partial charge in [-0.2, -0.15) is 0 Å². The van der Waals surface area contributed by atoms with Gasteiger partial charge in [-0.25, -0.2) is 0 Å². The zero-order chi connectivity index (χ0) is 13.1. The summed E-state index contributed by atoms with van der Waals surface area (Å²) >= 11 is 0. The first kappa shape index (κ1) is 12.4. The fraction of sp³-hybridized carbons (Fsp3) is 0.438. The summed E-state index contributed by atoms with van der Waals surface area (Å²) in [7, 11) is 0. The number of phenolic OH excluding ortho intramolecular Hbond substituents is 1. The molecule has 0 aliphatic carbocycles. The summed E-state index contributed by atoms with van der Waals surface area (Å²) in [5, 5.41) is 11.0. The minimum atomic E-state index is 0.283. The summed E-state index contributed by atoms with van der Waals surface area (Å²) in [6.07, 6.45) is 7.17. The van der Waals surface area contributed by atoms with Crippen molar-refractivity contribution in [2.75, 3.05) is 13.1 Å². The summed E-state index contributed by atoms with van der Waals surface area (Å²) in [6, 6.07) is 7.84. The molecule has 1 aromatic heterocycles. The smallest absolute Gasteiger partial charge is 0.141 e. The molecule has 1 aliphatic heterocycles. The van der Waals surface area contributed by atoms with Crippen LogP contribution in [0.15, 0.2) is 30.5 Å². The van der Waals surface area contributed by atoms with Gasteiger partial charge in [0.1, 0.15) is 17.8 Å². The van der Waals surface area contributed by atoms with E-state index in [9.17, 15) is 5.11 Å². The number of nitrogens with zero attached hydrogens (tertiary/aromatic N) is 1. The third kappa shape index (κ3) is 2.71. The van der Waals surface area contributed by atoms with Crippen LogP contribution in [0.3, 0.4) is 0 Å². The fourth-order valence-electron chi connectivity index (χ4n) is 3.05. The van der Waals surface area contributed by atoms with E-state index in [2.05, 4.69) is 17.1 Å². The quantitative estimate of drug-likeness (QED) is 0.862. The molecule has 1 saturated heterocycles. The number of benzene rings is 1. The SMILES string of the molecule is Oc1ccc(C[NH+]2CCCCCC2)c2cccnc12. The van der Waals surface area contributed by atoms with Gasteiger partial charge >= 0.3 is 0 Å². The number of rotatable bonds is 2. The van der Waals surface area contributed by atoms with Gasteiger partial charge in [0.15, 0.2) is 0 Å². The van der Waals surface area contributed by atoms with E-state index < -0.39 is 0 Å². The number of fused-ring (bicyclic) bond motifs is 1. The van der Waals surface area contributed by atoms with E-state index in [4.69, 9.17) is 0 Å². The Bertz CT molecular complexity index is 560. The second-order valence-corrected chi connectivity index (χ2v) is 5.48. The molecule has 3 nitrogen and oxygen atoms in total. The summed E-state index contributed by atoms with van der Waals surface area (Å²) < 4.78 is 0. The topological polar surface area (TPSA) is 37.6 Å². The lowest BCUT2D eigenvalue weighted by Gasteiger charge is -2.18. The second kappa shape index (κ2) is 5.57. The van der Waals surface area contributed by atoms with Crippen molar-refractivity contribution in [3.05, 3.63) is 36.0 Å². The molecule has 3 rings (SSSR count). The molecule has 0 unspecified atom stereocenters. The minimum Gasteiger partial charge on any atom is -0.506 e. The number of quaternary nitrogens is 1. The van der Waals surface area contributed by atoms with Crippen LogP contribution in [0.4, 0.5) is 0 Å². The van der Waals surface area contributed by atoms with E-state index in [0.29, 0.717) is 0 Å². The number of likely N-dealkylation sites (tertiary alicyclic amines) is 1. The fourth-order valence-corrected chi connectivity index (χ4v) is 3.05. The predicted octanol–water partition coefficient (Wildman–Crippen LogP) is 1.90. The van der Waals surface area contributed by atoms with Crippen LogP contribution < -0.4 is 4.90 Å². The molecule has 2 heterocycles. The third-order valence-corrected chi connectivity index (χ3v) is 4.09. The highest BCUT2D eigenvalue weighted by Crippen LogP contribution is 2.24. The molecule has 100 valence electrons. The molecule has 0 amide bonds. The van der Waals surface area contributed by atoms with Crippen molar-refractivity contribution in [2.45, 2.75) is 32.2 Å². The Hall–Kier alpha value is -1.61. The highest BCUT2D eigenvalue weighted by molar-refractivity contribution is 5.86. The van der Waals surface area contributed by atoms with Crippen LogP contribution in [-0.4, -0.2) is 23.2 Å². The standard InChI is InChI=1S/C16H20N2O/c19-15-8-7-13(14-6-5-9-17-16(14)15)12-18-10-3-1-2-4-11-18/h5-9,19H,1-4,10-12H2/p+1. The Morgan fingerprint density at radius 2 is 1.84 bits per heavy atom. The molecule has 1 aliphatic rings. The van der Waals surface area contributed by atoms with Gasteiger partial charge in [-0.1, -0.05) is 6.07 Å². The Balaban J connectivity index is 1.90. The molecule has 19 heavy (non-hydrogen) atoms. The van der Waals surface area contributed by atoms with Crippen LogP contribution in [0.25, 0.3) is 10.9 Å². The lowest BCUT2D eigenvalue weighted by atomic mass is 10.1. The first-order valence-corrected chi connectivity index (χ1v) is 7.24. The molecule has 0 bridgehead atoms. The largest absolute Gasteiger partial charge is 0.506 e. The molecule has 0 spiro atoms. The minimum absolute atomic E-state index is 0.283. The molecule has 0 saturated carbocycles. The van der Waals surface area contributed by atoms with E-state index in [1.807, 2.05) is 6.07 Å². The van der Waals surface area contributed by atoms with Gasteiger partial charge in [0.2, 0.25) is 0 Å². The van der Waals surface area contributed by atoms with Crippen molar-refractivity contribution in [2.24, 2.45) is 0 Å². The van der Waals surface area contributed by atoms with Gasteiger partial charge in [0.05, 0.1) is 13.1 Å². The number of nitrogens with one attached hydrogen (secondary N) is 1. The first-order valence-electron chi connectivity index (χ1n) is 7.24. The average molecular weight is 257 g/mol. The molecule has 1 fully saturated rings. The van der Waals surface area contributed by atoms with Gasteiger partial charge in [0.25, 0.3) is 0 Å². The van der Waals surface area contributed by atoms with Crippen molar-refractivity contribution in [3.63, 3.8) is 0 Å². The van der Waals surface area contributed by atoms with E-state index in [1.165, 1.54) is 44.3 Å².